The highest BCUT2D eigenvalue weighted by atomic mass is 19.1. The van der Waals surface area contributed by atoms with Crippen LogP contribution in [0.4, 0.5) is 13.6 Å². The minimum Gasteiger partial charge on any atom is -0.455 e. The lowest BCUT2D eigenvalue weighted by atomic mass is 9.74. The lowest BCUT2D eigenvalue weighted by molar-refractivity contribution is -0.0127. The van der Waals surface area contributed by atoms with Crippen molar-refractivity contribution in [3.63, 3.8) is 0 Å². The highest BCUT2D eigenvalue weighted by molar-refractivity contribution is 6.12. The number of rotatable bonds is 7. The Balaban J connectivity index is 1.36. The van der Waals surface area contributed by atoms with E-state index in [0.29, 0.717) is 28.1 Å². The zero-order valence-electron chi connectivity index (χ0n) is 27.2. The Morgan fingerprint density at radius 2 is 1.67 bits per heavy atom. The molecule has 48 heavy (non-hydrogen) atoms. The first-order valence-electron chi connectivity index (χ1n) is 15.4. The van der Waals surface area contributed by atoms with E-state index in [4.69, 9.17) is 9.15 Å². The van der Waals surface area contributed by atoms with Crippen LogP contribution in [0, 0.1) is 18.6 Å². The van der Waals surface area contributed by atoms with E-state index in [-0.39, 0.29) is 53.1 Å². The maximum Gasteiger partial charge on any atom is 0.410 e. The number of aryl methyl sites for hydroxylation is 1. The molecule has 2 amide bonds. The number of carbonyl (C=O) groups is 3. The molecule has 3 aromatic carbocycles. The number of hydrogen-bond acceptors (Lipinski definition) is 7. The van der Waals surface area contributed by atoms with Crippen molar-refractivity contribution in [1.29, 1.82) is 0 Å². The summed E-state index contributed by atoms with van der Waals surface area (Å²) < 4.78 is 41.7. The zero-order chi connectivity index (χ0) is 34.4. The van der Waals surface area contributed by atoms with Crippen LogP contribution in [0.1, 0.15) is 59.3 Å². The Hall–Kier alpha value is -5.45. The highest BCUT2D eigenvalue weighted by Crippen LogP contribution is 2.41. The van der Waals surface area contributed by atoms with E-state index in [0.717, 1.165) is 0 Å². The summed E-state index contributed by atoms with van der Waals surface area (Å²) in [5, 5.41) is 2.51. The summed E-state index contributed by atoms with van der Waals surface area (Å²) in [5.74, 6) is -1.41. The van der Waals surface area contributed by atoms with Gasteiger partial charge >= 0.3 is 6.09 Å². The molecule has 5 aromatic rings. The fourth-order valence-electron chi connectivity index (χ4n) is 6.05. The third-order valence-electron chi connectivity index (χ3n) is 8.38. The van der Waals surface area contributed by atoms with Crippen LogP contribution in [-0.2, 0) is 10.2 Å². The molecule has 3 heterocycles. The maximum absolute atomic E-state index is 16.6. The average Bonchev–Trinajstić information content (AvgIpc) is 3.43. The molecule has 0 bridgehead atoms. The molecule has 246 valence electrons. The molecule has 6 rings (SSSR count). The van der Waals surface area contributed by atoms with Crippen LogP contribution < -0.4 is 5.32 Å². The Bertz CT molecular complexity index is 2050. The minimum atomic E-state index is -0.833. The van der Waals surface area contributed by atoms with Crippen LogP contribution in [0.3, 0.4) is 0 Å². The van der Waals surface area contributed by atoms with E-state index in [1.54, 1.807) is 76.5 Å². The molecule has 1 N–H and O–H groups in total. The fraction of sp³-hybridized carbons (Fsp3) is 0.270. The summed E-state index contributed by atoms with van der Waals surface area (Å²) in [7, 11) is 1.43. The Morgan fingerprint density at radius 1 is 0.979 bits per heavy atom. The van der Waals surface area contributed by atoms with Crippen molar-refractivity contribution in [3.05, 3.63) is 107 Å². The molecule has 0 spiro atoms. The second-order valence-electron chi connectivity index (χ2n) is 13.0. The number of nitrogens with zero attached hydrogens (tertiary/aromatic N) is 3. The third kappa shape index (κ3) is 6.03. The van der Waals surface area contributed by atoms with Gasteiger partial charge in [0.05, 0.1) is 16.4 Å². The number of carbonyl (C=O) groups excluding carboxylic acids is 3. The Kier molecular flexibility index (Phi) is 8.32. The molecule has 11 heteroatoms. The van der Waals surface area contributed by atoms with Crippen molar-refractivity contribution in [2.45, 2.75) is 45.1 Å². The first-order chi connectivity index (χ1) is 22.8. The molecule has 0 unspecified atom stereocenters. The van der Waals surface area contributed by atoms with Crippen molar-refractivity contribution < 1.29 is 32.3 Å². The molecule has 0 radical (unpaired) electrons. The summed E-state index contributed by atoms with van der Waals surface area (Å²) in [4.78, 5) is 50.1. The second-order valence-corrected chi connectivity index (χ2v) is 13.0. The van der Waals surface area contributed by atoms with Crippen LogP contribution >= 0.6 is 0 Å². The van der Waals surface area contributed by atoms with Crippen molar-refractivity contribution in [1.82, 2.24) is 20.2 Å². The number of hydrogen-bond donors (Lipinski definition) is 1. The van der Waals surface area contributed by atoms with Gasteiger partial charge in [-0.05, 0) is 87.4 Å². The molecule has 9 nitrogen and oxygen atoms in total. The topological polar surface area (TPSA) is 115 Å². The second kappa shape index (κ2) is 12.3. The number of furan rings is 1. The van der Waals surface area contributed by atoms with Gasteiger partial charge < -0.3 is 19.4 Å². The van der Waals surface area contributed by atoms with Gasteiger partial charge in [0.25, 0.3) is 5.91 Å². The van der Waals surface area contributed by atoms with Gasteiger partial charge in [-0.1, -0.05) is 12.1 Å². The van der Waals surface area contributed by atoms with Gasteiger partial charge in [-0.2, -0.15) is 0 Å². The molecule has 1 aliphatic heterocycles. The SMILES string of the molecule is CNC(=O)c1c(-c2ccc(F)cc2)oc2ccc(-c3cc(C(=O)CC4(c5ncccn5)CN(C(=O)OC(C)(C)C)C4)ccc3C)c(F)c12. The molecular formula is C37H34F2N4O5. The quantitative estimate of drug-likeness (QED) is 0.184. The first kappa shape index (κ1) is 32.5. The van der Waals surface area contributed by atoms with Gasteiger partial charge in [-0.3, -0.25) is 9.59 Å². The van der Waals surface area contributed by atoms with Crippen molar-refractivity contribution in [3.8, 4) is 22.5 Å². The van der Waals surface area contributed by atoms with Gasteiger partial charge in [0.1, 0.15) is 34.4 Å². The molecule has 1 aliphatic rings. The first-order valence-corrected chi connectivity index (χ1v) is 15.4. The van der Waals surface area contributed by atoms with Gasteiger partial charge in [0.2, 0.25) is 0 Å². The van der Waals surface area contributed by atoms with E-state index >= 15 is 4.39 Å². The largest absolute Gasteiger partial charge is 0.455 e. The average molecular weight is 653 g/mol. The number of likely N-dealkylation sites (tertiary alicyclic amines) is 1. The van der Waals surface area contributed by atoms with Crippen molar-refractivity contribution >= 4 is 28.8 Å². The molecular weight excluding hydrogens is 618 g/mol. The van der Waals surface area contributed by atoms with E-state index < -0.39 is 34.7 Å². The van der Waals surface area contributed by atoms with Crippen LogP contribution in [0.5, 0.6) is 0 Å². The molecule has 1 saturated heterocycles. The number of ether oxygens (including phenoxy) is 1. The van der Waals surface area contributed by atoms with E-state index in [9.17, 15) is 18.8 Å². The number of halogens is 2. The lowest BCUT2D eigenvalue weighted by Crippen LogP contribution is -2.63. The van der Waals surface area contributed by atoms with Gasteiger partial charge in [-0.25, -0.2) is 23.5 Å². The number of fused-ring (bicyclic) bond motifs is 1. The summed E-state index contributed by atoms with van der Waals surface area (Å²) >= 11 is 0. The number of amides is 2. The van der Waals surface area contributed by atoms with Crippen LogP contribution in [0.15, 0.2) is 77.5 Å². The van der Waals surface area contributed by atoms with E-state index in [2.05, 4.69) is 15.3 Å². The van der Waals surface area contributed by atoms with Gasteiger partial charge in [-0.15, -0.1) is 0 Å². The Morgan fingerprint density at radius 3 is 2.31 bits per heavy atom. The smallest absolute Gasteiger partial charge is 0.410 e. The number of aromatic nitrogens is 2. The maximum atomic E-state index is 16.6. The van der Waals surface area contributed by atoms with Crippen LogP contribution in [-0.4, -0.2) is 58.4 Å². The van der Waals surface area contributed by atoms with Crippen molar-refractivity contribution in [2.75, 3.05) is 20.1 Å². The van der Waals surface area contributed by atoms with Crippen molar-refractivity contribution in [2.24, 2.45) is 0 Å². The number of Topliss-reactive ketones (excluding diaryl/α,β-unsaturated/α-hetero) is 1. The summed E-state index contributed by atoms with van der Waals surface area (Å²) in [6, 6.07) is 15.2. The molecule has 2 aromatic heterocycles. The normalized spacial score (nSPS) is 14.0. The lowest BCUT2D eigenvalue weighted by Gasteiger charge is -2.48. The minimum absolute atomic E-state index is 0.00388. The number of benzene rings is 3. The zero-order valence-corrected chi connectivity index (χ0v) is 27.2. The third-order valence-corrected chi connectivity index (χ3v) is 8.38. The molecule has 0 saturated carbocycles. The summed E-state index contributed by atoms with van der Waals surface area (Å²) in [5.41, 5.74) is 0.699. The fourth-order valence-corrected chi connectivity index (χ4v) is 6.05. The summed E-state index contributed by atoms with van der Waals surface area (Å²) in [6.45, 7) is 7.55. The van der Waals surface area contributed by atoms with E-state index in [1.807, 2.05) is 0 Å². The van der Waals surface area contributed by atoms with Gasteiger partial charge in [0.15, 0.2) is 5.78 Å². The van der Waals surface area contributed by atoms with Crippen LogP contribution in [0.25, 0.3) is 33.4 Å². The molecule has 0 aliphatic carbocycles. The van der Waals surface area contributed by atoms with E-state index in [1.165, 1.54) is 36.2 Å². The van der Waals surface area contributed by atoms with Crippen LogP contribution in [0.2, 0.25) is 0 Å². The number of nitrogens with one attached hydrogen (secondary N) is 1. The molecule has 1 fully saturated rings. The summed E-state index contributed by atoms with van der Waals surface area (Å²) in [6.07, 6.45) is 2.71. The Labute approximate surface area is 275 Å². The molecule has 0 atom stereocenters. The monoisotopic (exact) mass is 652 g/mol. The standard InChI is InChI=1S/C37H34F2N4O5/c1-21-7-8-23(27(44)18-37(34-41-15-6-16-42-34)19-43(20-37)35(46)48-36(2,3)4)17-26(21)25-13-14-28-29(31(25)39)30(33(45)40-5)32(47-28)22-9-11-24(38)12-10-22/h6-17H,18-20H2,1-5H3,(H,40,45). The predicted molar refractivity (Wildman–Crippen MR) is 176 cm³/mol. The van der Waals surface area contributed by atoms with Gasteiger partial charge in [0, 0.05) is 55.6 Å². The highest BCUT2D eigenvalue weighted by Gasteiger charge is 2.51. The predicted octanol–water partition coefficient (Wildman–Crippen LogP) is 7.26. The number of ketones is 1.